The predicted molar refractivity (Wildman–Crippen MR) is 122 cm³/mol. The van der Waals surface area contributed by atoms with E-state index in [-0.39, 0.29) is 24.6 Å². The molecule has 0 unspecified atom stereocenters. The van der Waals surface area contributed by atoms with E-state index in [4.69, 9.17) is 4.74 Å². The molecule has 11 heteroatoms. The Morgan fingerprint density at radius 1 is 1.12 bits per heavy atom. The Morgan fingerprint density at radius 3 is 2.52 bits per heavy atom. The third kappa shape index (κ3) is 6.91. The first kappa shape index (κ1) is 24.5. The molecule has 0 aliphatic heterocycles. The van der Waals surface area contributed by atoms with Crippen LogP contribution in [-0.4, -0.2) is 37.9 Å². The second-order valence-electron chi connectivity index (χ2n) is 6.91. The van der Waals surface area contributed by atoms with Gasteiger partial charge in [-0.1, -0.05) is 42.5 Å². The number of sulfonamides is 1. The number of thiazole rings is 1. The number of nitrogens with zero attached hydrogens (tertiary/aromatic N) is 1. The summed E-state index contributed by atoms with van der Waals surface area (Å²) in [5.41, 5.74) is 1.12. The highest BCUT2D eigenvalue weighted by molar-refractivity contribution is 7.89. The summed E-state index contributed by atoms with van der Waals surface area (Å²) in [5.74, 6) is -2.04. The molecule has 2 N–H and O–H groups in total. The zero-order valence-corrected chi connectivity index (χ0v) is 19.3. The second-order valence-corrected chi connectivity index (χ2v) is 9.45. The summed E-state index contributed by atoms with van der Waals surface area (Å²) in [5, 5.41) is 4.37. The first-order valence-corrected chi connectivity index (χ1v) is 12.4. The van der Waals surface area contributed by atoms with Crippen LogP contribution in [0.1, 0.15) is 18.2 Å². The normalized spacial score (nSPS) is 12.2. The fourth-order valence-electron chi connectivity index (χ4n) is 2.95. The topological polar surface area (TPSA) is 114 Å². The number of hydrogen-bond donors (Lipinski definition) is 2. The molecule has 1 atom stereocenters. The minimum atomic E-state index is -4.33. The molecule has 33 heavy (non-hydrogen) atoms. The number of carbonyl (C=O) groups is 2. The van der Waals surface area contributed by atoms with Crippen LogP contribution in [0.4, 0.5) is 9.52 Å². The molecule has 3 rings (SSSR count). The lowest BCUT2D eigenvalue weighted by molar-refractivity contribution is -0.142. The molecule has 0 aliphatic carbocycles. The zero-order valence-electron chi connectivity index (χ0n) is 17.7. The van der Waals surface area contributed by atoms with Gasteiger partial charge < -0.3 is 10.1 Å². The SMILES string of the molecule is CCOC(=O)Cc1csc(NC(=O)[C@H](Cc2ccccc2)NS(=O)(=O)c2ccccc2F)n1. The van der Waals surface area contributed by atoms with Crippen molar-refractivity contribution in [2.75, 3.05) is 11.9 Å². The molecule has 0 saturated heterocycles. The van der Waals surface area contributed by atoms with Crippen LogP contribution in [0, 0.1) is 5.82 Å². The molecule has 1 heterocycles. The van der Waals surface area contributed by atoms with E-state index < -0.39 is 38.7 Å². The average Bonchev–Trinajstić information content (AvgIpc) is 3.20. The molecular formula is C22H22FN3O5S2. The van der Waals surface area contributed by atoms with Crippen molar-refractivity contribution < 1.29 is 27.1 Å². The number of carbonyl (C=O) groups excluding carboxylic acids is 2. The van der Waals surface area contributed by atoms with Gasteiger partial charge in [0.2, 0.25) is 15.9 Å². The number of nitrogens with one attached hydrogen (secondary N) is 2. The third-order valence-corrected chi connectivity index (χ3v) is 6.75. The fraction of sp³-hybridized carbons (Fsp3) is 0.227. The molecule has 2 aromatic carbocycles. The second kappa shape index (κ2) is 11.1. The van der Waals surface area contributed by atoms with E-state index in [0.717, 1.165) is 23.5 Å². The monoisotopic (exact) mass is 491 g/mol. The van der Waals surface area contributed by atoms with E-state index in [1.54, 1.807) is 42.6 Å². The molecule has 174 valence electrons. The molecule has 1 amide bonds. The van der Waals surface area contributed by atoms with Gasteiger partial charge in [0, 0.05) is 5.38 Å². The number of halogens is 1. The highest BCUT2D eigenvalue weighted by Crippen LogP contribution is 2.19. The summed E-state index contributed by atoms with van der Waals surface area (Å²) in [4.78, 5) is 28.2. The molecule has 0 bridgehead atoms. The maximum Gasteiger partial charge on any atom is 0.311 e. The molecule has 0 aliphatic rings. The Bertz CT molecular complexity index is 1220. The molecule has 0 fully saturated rings. The van der Waals surface area contributed by atoms with Gasteiger partial charge >= 0.3 is 5.97 Å². The Balaban J connectivity index is 1.79. The van der Waals surface area contributed by atoms with Crippen molar-refractivity contribution in [1.82, 2.24) is 9.71 Å². The Kier molecular flexibility index (Phi) is 8.26. The van der Waals surface area contributed by atoms with Gasteiger partial charge in [-0.15, -0.1) is 11.3 Å². The van der Waals surface area contributed by atoms with Crippen molar-refractivity contribution in [3.05, 3.63) is 77.1 Å². The average molecular weight is 492 g/mol. The quantitative estimate of drug-likeness (QED) is 0.422. The van der Waals surface area contributed by atoms with Crippen molar-refractivity contribution in [3.8, 4) is 0 Å². The van der Waals surface area contributed by atoms with Crippen molar-refractivity contribution in [2.24, 2.45) is 0 Å². The summed E-state index contributed by atoms with van der Waals surface area (Å²) < 4.78 is 46.9. The number of aromatic nitrogens is 1. The molecular weight excluding hydrogens is 469 g/mol. The van der Waals surface area contributed by atoms with E-state index in [2.05, 4.69) is 15.0 Å². The van der Waals surface area contributed by atoms with Crippen LogP contribution in [0.5, 0.6) is 0 Å². The van der Waals surface area contributed by atoms with E-state index in [9.17, 15) is 22.4 Å². The first-order chi connectivity index (χ1) is 15.8. The zero-order chi connectivity index (χ0) is 23.8. The van der Waals surface area contributed by atoms with Gasteiger partial charge in [0.15, 0.2) is 5.13 Å². The minimum absolute atomic E-state index is 0.0292. The number of ether oxygens (including phenoxy) is 1. The van der Waals surface area contributed by atoms with Crippen LogP contribution in [-0.2, 0) is 37.2 Å². The van der Waals surface area contributed by atoms with Crippen molar-refractivity contribution in [1.29, 1.82) is 0 Å². The molecule has 8 nitrogen and oxygen atoms in total. The van der Waals surface area contributed by atoms with Crippen LogP contribution in [0.25, 0.3) is 0 Å². The van der Waals surface area contributed by atoms with Gasteiger partial charge in [0.25, 0.3) is 0 Å². The standard InChI is InChI=1S/C22H22FN3O5S2/c1-2-31-20(27)13-16-14-32-22(24-16)25-21(28)18(12-15-8-4-3-5-9-15)26-33(29,30)19-11-7-6-10-17(19)23/h3-11,14,18,26H,2,12-13H2,1H3,(H,24,25,28)/t18-/m0/s1. The highest BCUT2D eigenvalue weighted by Gasteiger charge is 2.28. The van der Waals surface area contributed by atoms with Crippen molar-refractivity contribution >= 4 is 38.4 Å². The first-order valence-electron chi connectivity index (χ1n) is 10.00. The number of hydrogen-bond acceptors (Lipinski definition) is 7. The van der Waals surface area contributed by atoms with Crippen LogP contribution < -0.4 is 10.0 Å². The van der Waals surface area contributed by atoms with Crippen LogP contribution >= 0.6 is 11.3 Å². The minimum Gasteiger partial charge on any atom is -0.466 e. The lowest BCUT2D eigenvalue weighted by Crippen LogP contribution is -2.45. The summed E-state index contributed by atoms with van der Waals surface area (Å²) >= 11 is 1.09. The Labute approximate surface area is 194 Å². The third-order valence-electron chi connectivity index (χ3n) is 4.44. The number of rotatable bonds is 10. The lowest BCUT2D eigenvalue weighted by atomic mass is 10.1. The maximum atomic E-state index is 14.1. The highest BCUT2D eigenvalue weighted by atomic mass is 32.2. The number of esters is 1. The smallest absolute Gasteiger partial charge is 0.311 e. The molecule has 3 aromatic rings. The van der Waals surface area contributed by atoms with Gasteiger partial charge in [-0.05, 0) is 31.0 Å². The van der Waals surface area contributed by atoms with Gasteiger partial charge in [-0.25, -0.2) is 17.8 Å². The lowest BCUT2D eigenvalue weighted by Gasteiger charge is -2.18. The van der Waals surface area contributed by atoms with Gasteiger partial charge in [-0.2, -0.15) is 4.72 Å². The number of anilines is 1. The molecule has 0 spiro atoms. The summed E-state index contributed by atoms with van der Waals surface area (Å²) in [7, 11) is -4.33. The van der Waals surface area contributed by atoms with Gasteiger partial charge in [0.1, 0.15) is 16.8 Å². The maximum absolute atomic E-state index is 14.1. The molecule has 0 radical (unpaired) electrons. The summed E-state index contributed by atoms with van der Waals surface area (Å²) in [6, 6.07) is 12.5. The van der Waals surface area contributed by atoms with Crippen molar-refractivity contribution in [2.45, 2.75) is 30.7 Å². The fourth-order valence-corrected chi connectivity index (χ4v) is 4.94. The predicted octanol–water partition coefficient (Wildman–Crippen LogP) is 2.92. The van der Waals surface area contributed by atoms with Gasteiger partial charge in [-0.3, -0.25) is 9.59 Å². The Hall–Kier alpha value is -3.15. The van der Waals surface area contributed by atoms with Crippen LogP contribution in [0.3, 0.4) is 0 Å². The Morgan fingerprint density at radius 2 is 1.82 bits per heavy atom. The molecule has 0 saturated carbocycles. The van der Waals surface area contributed by atoms with E-state index in [1.807, 2.05) is 0 Å². The van der Waals surface area contributed by atoms with E-state index in [1.165, 1.54) is 12.1 Å². The summed E-state index contributed by atoms with van der Waals surface area (Å²) in [6.07, 6.45) is -0.0189. The summed E-state index contributed by atoms with van der Waals surface area (Å²) in [6.45, 7) is 1.94. The van der Waals surface area contributed by atoms with Crippen molar-refractivity contribution in [3.63, 3.8) is 0 Å². The number of benzene rings is 2. The van der Waals surface area contributed by atoms with E-state index in [0.29, 0.717) is 11.3 Å². The largest absolute Gasteiger partial charge is 0.466 e. The van der Waals surface area contributed by atoms with Crippen LogP contribution in [0.2, 0.25) is 0 Å². The molecule has 1 aromatic heterocycles. The number of amides is 1. The van der Waals surface area contributed by atoms with E-state index >= 15 is 0 Å². The van der Waals surface area contributed by atoms with Crippen LogP contribution in [0.15, 0.2) is 64.9 Å². The van der Waals surface area contributed by atoms with Gasteiger partial charge in [0.05, 0.1) is 18.7 Å².